The number of rotatable bonds is 1. The summed E-state index contributed by atoms with van der Waals surface area (Å²) in [6, 6.07) is 0. The van der Waals surface area contributed by atoms with E-state index in [0.29, 0.717) is 12.5 Å². The first kappa shape index (κ1) is 9.01. The van der Waals surface area contributed by atoms with Gasteiger partial charge in [-0.15, -0.1) is 0 Å². The van der Waals surface area contributed by atoms with E-state index in [2.05, 4.69) is 13.8 Å². The number of hydrogen-bond acceptors (Lipinski definition) is 2. The van der Waals surface area contributed by atoms with E-state index < -0.39 is 0 Å². The van der Waals surface area contributed by atoms with E-state index in [9.17, 15) is 0 Å². The van der Waals surface area contributed by atoms with Crippen molar-refractivity contribution in [1.82, 2.24) is 0 Å². The fourth-order valence-corrected chi connectivity index (χ4v) is 2.02. The van der Waals surface area contributed by atoms with Gasteiger partial charge in [0.15, 0.2) is 0 Å². The van der Waals surface area contributed by atoms with E-state index in [1.807, 2.05) is 0 Å². The molecule has 0 aromatic carbocycles. The van der Waals surface area contributed by atoms with Gasteiger partial charge in [-0.05, 0) is 31.1 Å². The minimum absolute atomic E-state index is 0.0630. The molecule has 0 saturated heterocycles. The van der Waals surface area contributed by atoms with Crippen molar-refractivity contribution in [3.8, 4) is 0 Å². The lowest BCUT2D eigenvalue weighted by molar-refractivity contribution is 0.171. The van der Waals surface area contributed by atoms with Gasteiger partial charge in [-0.25, -0.2) is 0 Å². The molecule has 1 aliphatic carbocycles. The molecule has 3 atom stereocenters. The van der Waals surface area contributed by atoms with Crippen LogP contribution >= 0.6 is 0 Å². The Balaban J connectivity index is 2.56. The molecule has 66 valence electrons. The molecule has 2 nitrogen and oxygen atoms in total. The summed E-state index contributed by atoms with van der Waals surface area (Å²) < 4.78 is 0. The minimum Gasteiger partial charge on any atom is -0.329 e. The molecular formula is C9H20N2. The Kier molecular flexibility index (Phi) is 2.55. The van der Waals surface area contributed by atoms with Gasteiger partial charge >= 0.3 is 0 Å². The van der Waals surface area contributed by atoms with Crippen molar-refractivity contribution in [3.05, 3.63) is 0 Å². The molecule has 1 rings (SSSR count). The van der Waals surface area contributed by atoms with Crippen molar-refractivity contribution in [3.63, 3.8) is 0 Å². The highest BCUT2D eigenvalue weighted by molar-refractivity contribution is 4.94. The molecule has 1 fully saturated rings. The highest BCUT2D eigenvalue weighted by Crippen LogP contribution is 2.34. The lowest BCUT2D eigenvalue weighted by Gasteiger charge is -2.41. The Morgan fingerprint density at radius 1 is 1.45 bits per heavy atom. The molecular weight excluding hydrogens is 136 g/mol. The average molecular weight is 156 g/mol. The molecule has 0 heterocycles. The van der Waals surface area contributed by atoms with Crippen molar-refractivity contribution in [2.45, 2.75) is 38.6 Å². The van der Waals surface area contributed by atoms with Crippen LogP contribution in [-0.2, 0) is 0 Å². The second kappa shape index (κ2) is 3.11. The fourth-order valence-electron chi connectivity index (χ4n) is 2.02. The van der Waals surface area contributed by atoms with Crippen LogP contribution in [0.4, 0.5) is 0 Å². The highest BCUT2D eigenvalue weighted by atomic mass is 14.8. The van der Waals surface area contributed by atoms with Gasteiger partial charge in [0.05, 0.1) is 0 Å². The van der Waals surface area contributed by atoms with Crippen LogP contribution in [0.2, 0.25) is 0 Å². The van der Waals surface area contributed by atoms with Gasteiger partial charge < -0.3 is 11.5 Å². The monoisotopic (exact) mass is 156 g/mol. The Hall–Kier alpha value is -0.0800. The van der Waals surface area contributed by atoms with Crippen molar-refractivity contribution >= 4 is 0 Å². The largest absolute Gasteiger partial charge is 0.329 e. The second-order valence-corrected chi connectivity index (χ2v) is 4.22. The average Bonchev–Trinajstić information content (AvgIpc) is 1.98. The molecule has 0 spiro atoms. The summed E-state index contributed by atoms with van der Waals surface area (Å²) in [5.41, 5.74) is 11.7. The maximum Gasteiger partial charge on any atom is 0.0304 e. The number of nitrogens with two attached hydrogens (primary N) is 2. The van der Waals surface area contributed by atoms with Crippen molar-refractivity contribution in [2.75, 3.05) is 6.54 Å². The van der Waals surface area contributed by atoms with Crippen LogP contribution < -0.4 is 11.5 Å². The Morgan fingerprint density at radius 2 is 2.09 bits per heavy atom. The van der Waals surface area contributed by atoms with Crippen LogP contribution in [0.15, 0.2) is 0 Å². The first-order valence-electron chi connectivity index (χ1n) is 4.57. The van der Waals surface area contributed by atoms with Gasteiger partial charge in [0, 0.05) is 12.1 Å². The van der Waals surface area contributed by atoms with Crippen LogP contribution in [0.5, 0.6) is 0 Å². The summed E-state index contributed by atoms with van der Waals surface area (Å²) >= 11 is 0. The predicted molar refractivity (Wildman–Crippen MR) is 48.2 cm³/mol. The van der Waals surface area contributed by atoms with Crippen molar-refractivity contribution < 1.29 is 0 Å². The van der Waals surface area contributed by atoms with Crippen molar-refractivity contribution in [1.29, 1.82) is 0 Å². The molecule has 4 N–H and O–H groups in total. The van der Waals surface area contributed by atoms with Crippen LogP contribution in [0, 0.1) is 11.8 Å². The minimum atomic E-state index is -0.0630. The standard InChI is InChI=1S/C9H20N2/c1-7-3-4-9(11,6-10)8(2)5-7/h7-8H,3-6,10-11H2,1-2H3. The number of hydrogen-bond donors (Lipinski definition) is 2. The van der Waals surface area contributed by atoms with E-state index in [1.165, 1.54) is 12.8 Å². The molecule has 0 aromatic heterocycles. The topological polar surface area (TPSA) is 52.0 Å². The molecule has 2 heteroatoms. The molecule has 1 saturated carbocycles. The van der Waals surface area contributed by atoms with Crippen LogP contribution in [-0.4, -0.2) is 12.1 Å². The molecule has 0 bridgehead atoms. The summed E-state index contributed by atoms with van der Waals surface area (Å²) in [6.45, 7) is 5.16. The Morgan fingerprint density at radius 3 is 2.55 bits per heavy atom. The zero-order chi connectivity index (χ0) is 8.48. The van der Waals surface area contributed by atoms with Crippen LogP contribution in [0.1, 0.15) is 33.1 Å². The lowest BCUT2D eigenvalue weighted by Crippen LogP contribution is -2.54. The van der Waals surface area contributed by atoms with Gasteiger partial charge in [0.1, 0.15) is 0 Å². The molecule has 0 amide bonds. The quantitative estimate of drug-likeness (QED) is 0.597. The zero-order valence-electron chi connectivity index (χ0n) is 7.64. The summed E-state index contributed by atoms with van der Waals surface area (Å²) in [7, 11) is 0. The van der Waals surface area contributed by atoms with E-state index in [-0.39, 0.29) is 5.54 Å². The van der Waals surface area contributed by atoms with Crippen LogP contribution in [0.3, 0.4) is 0 Å². The fraction of sp³-hybridized carbons (Fsp3) is 1.00. The second-order valence-electron chi connectivity index (χ2n) is 4.22. The molecule has 1 aliphatic rings. The van der Waals surface area contributed by atoms with Gasteiger partial charge in [0.2, 0.25) is 0 Å². The molecule has 0 aromatic rings. The molecule has 3 unspecified atom stereocenters. The van der Waals surface area contributed by atoms with Crippen LogP contribution in [0.25, 0.3) is 0 Å². The normalized spacial score (nSPS) is 45.8. The SMILES string of the molecule is CC1CCC(N)(CN)C(C)C1. The summed E-state index contributed by atoms with van der Waals surface area (Å²) in [4.78, 5) is 0. The van der Waals surface area contributed by atoms with Gasteiger partial charge in [-0.2, -0.15) is 0 Å². The first-order valence-corrected chi connectivity index (χ1v) is 4.57. The molecule has 0 aliphatic heterocycles. The van der Waals surface area contributed by atoms with Gasteiger partial charge in [-0.3, -0.25) is 0 Å². The first-order chi connectivity index (χ1) is 5.08. The van der Waals surface area contributed by atoms with E-state index >= 15 is 0 Å². The third-order valence-corrected chi connectivity index (χ3v) is 3.22. The predicted octanol–water partition coefficient (Wildman–Crippen LogP) is 1.10. The summed E-state index contributed by atoms with van der Waals surface area (Å²) in [5, 5.41) is 0. The molecule has 0 radical (unpaired) electrons. The maximum absolute atomic E-state index is 6.14. The Labute approximate surface area is 69.3 Å². The lowest BCUT2D eigenvalue weighted by atomic mass is 9.71. The molecule has 11 heavy (non-hydrogen) atoms. The maximum atomic E-state index is 6.14. The Bertz CT molecular complexity index is 136. The van der Waals surface area contributed by atoms with E-state index in [1.54, 1.807) is 0 Å². The van der Waals surface area contributed by atoms with E-state index in [0.717, 1.165) is 12.3 Å². The van der Waals surface area contributed by atoms with Gasteiger partial charge in [0.25, 0.3) is 0 Å². The smallest absolute Gasteiger partial charge is 0.0304 e. The van der Waals surface area contributed by atoms with E-state index in [4.69, 9.17) is 11.5 Å². The summed E-state index contributed by atoms with van der Waals surface area (Å²) in [6.07, 6.45) is 3.59. The van der Waals surface area contributed by atoms with Gasteiger partial charge in [-0.1, -0.05) is 13.8 Å². The third-order valence-electron chi connectivity index (χ3n) is 3.22. The highest BCUT2D eigenvalue weighted by Gasteiger charge is 2.35. The summed E-state index contributed by atoms with van der Waals surface area (Å²) in [5.74, 6) is 1.43. The zero-order valence-corrected chi connectivity index (χ0v) is 7.64. The van der Waals surface area contributed by atoms with Crippen molar-refractivity contribution in [2.24, 2.45) is 23.3 Å². The third kappa shape index (κ3) is 1.74.